The predicted octanol–water partition coefficient (Wildman–Crippen LogP) is 1.69. The van der Waals surface area contributed by atoms with Crippen LogP contribution in [-0.2, 0) is 11.2 Å². The van der Waals surface area contributed by atoms with Crippen molar-refractivity contribution in [2.75, 3.05) is 31.2 Å². The van der Waals surface area contributed by atoms with E-state index in [-0.39, 0.29) is 6.04 Å². The van der Waals surface area contributed by atoms with Gasteiger partial charge in [-0.1, -0.05) is 0 Å². The minimum Gasteiger partial charge on any atom is -0.378 e. The van der Waals surface area contributed by atoms with Crippen LogP contribution in [0.25, 0.3) is 0 Å². The van der Waals surface area contributed by atoms with Gasteiger partial charge in [-0.15, -0.1) is 0 Å². The highest BCUT2D eigenvalue weighted by Crippen LogP contribution is 2.26. The normalized spacial score (nSPS) is 17.9. The van der Waals surface area contributed by atoms with Crippen molar-refractivity contribution in [1.82, 2.24) is 0 Å². The van der Waals surface area contributed by atoms with Crippen molar-refractivity contribution in [3.05, 3.63) is 29.3 Å². The predicted molar refractivity (Wildman–Crippen MR) is 66.7 cm³/mol. The van der Waals surface area contributed by atoms with Crippen LogP contribution in [0.3, 0.4) is 0 Å². The Morgan fingerprint density at radius 2 is 1.89 bits per heavy atom. The Morgan fingerprint density at radius 3 is 2.50 bits per heavy atom. The van der Waals surface area contributed by atoms with Gasteiger partial charge in [0, 0.05) is 30.9 Å². The number of anilines is 1. The molecule has 1 atom stereocenters. The van der Waals surface area contributed by atoms with Crippen LogP contribution in [0.15, 0.2) is 12.1 Å². The molecule has 18 heavy (non-hydrogen) atoms. The molecule has 1 saturated heterocycles. The van der Waals surface area contributed by atoms with Crippen LogP contribution >= 0.6 is 0 Å². The first-order valence-corrected chi connectivity index (χ1v) is 6.14. The fourth-order valence-corrected chi connectivity index (χ4v) is 2.19. The molecule has 2 rings (SSSR count). The number of nitrogens with zero attached hydrogens (tertiary/aromatic N) is 1. The molecule has 5 heteroatoms. The molecular formula is C13H18F2N2O. The molecule has 100 valence electrons. The smallest absolute Gasteiger partial charge is 0.160 e. The van der Waals surface area contributed by atoms with Crippen molar-refractivity contribution in [2.24, 2.45) is 5.73 Å². The van der Waals surface area contributed by atoms with Gasteiger partial charge >= 0.3 is 0 Å². The molecule has 1 aliphatic heterocycles. The fraction of sp³-hybridized carbons (Fsp3) is 0.538. The zero-order valence-corrected chi connectivity index (χ0v) is 10.5. The molecule has 0 bridgehead atoms. The number of ether oxygens (including phenoxy) is 1. The first kappa shape index (κ1) is 13.2. The summed E-state index contributed by atoms with van der Waals surface area (Å²) < 4.78 is 32.0. The van der Waals surface area contributed by atoms with Gasteiger partial charge in [0.15, 0.2) is 11.6 Å². The van der Waals surface area contributed by atoms with E-state index in [1.165, 1.54) is 12.1 Å². The van der Waals surface area contributed by atoms with Crippen LogP contribution in [0.4, 0.5) is 14.5 Å². The Hall–Kier alpha value is -1.20. The van der Waals surface area contributed by atoms with Gasteiger partial charge in [-0.05, 0) is 25.0 Å². The number of nitrogens with two attached hydrogens (primary N) is 1. The molecule has 3 nitrogen and oxygen atoms in total. The van der Waals surface area contributed by atoms with Crippen LogP contribution in [0.5, 0.6) is 0 Å². The number of hydrogen-bond acceptors (Lipinski definition) is 3. The number of halogens is 2. The van der Waals surface area contributed by atoms with Crippen LogP contribution in [0, 0.1) is 11.6 Å². The van der Waals surface area contributed by atoms with Crippen molar-refractivity contribution in [3.63, 3.8) is 0 Å². The average Bonchev–Trinajstić information content (AvgIpc) is 2.34. The largest absolute Gasteiger partial charge is 0.378 e. The fourth-order valence-electron chi connectivity index (χ4n) is 2.19. The van der Waals surface area contributed by atoms with Gasteiger partial charge in [-0.2, -0.15) is 0 Å². The van der Waals surface area contributed by atoms with E-state index in [9.17, 15) is 8.78 Å². The lowest BCUT2D eigenvalue weighted by molar-refractivity contribution is 0.122. The summed E-state index contributed by atoms with van der Waals surface area (Å²) in [7, 11) is 0. The number of benzene rings is 1. The second kappa shape index (κ2) is 5.63. The number of rotatable bonds is 3. The van der Waals surface area contributed by atoms with Gasteiger partial charge in [0.05, 0.1) is 13.2 Å². The molecule has 1 aromatic carbocycles. The third kappa shape index (κ3) is 2.97. The van der Waals surface area contributed by atoms with Crippen molar-refractivity contribution >= 4 is 5.69 Å². The van der Waals surface area contributed by atoms with Gasteiger partial charge in [-0.25, -0.2) is 8.78 Å². The minimum atomic E-state index is -0.817. The Morgan fingerprint density at radius 1 is 1.28 bits per heavy atom. The molecule has 2 N–H and O–H groups in total. The molecule has 0 spiro atoms. The maximum absolute atomic E-state index is 13.4. The zero-order chi connectivity index (χ0) is 13.1. The first-order valence-electron chi connectivity index (χ1n) is 6.14. The summed E-state index contributed by atoms with van der Waals surface area (Å²) in [6.45, 7) is 4.45. The van der Waals surface area contributed by atoms with Gasteiger partial charge < -0.3 is 15.4 Å². The summed E-state index contributed by atoms with van der Waals surface area (Å²) in [4.78, 5) is 2.02. The third-order valence-corrected chi connectivity index (χ3v) is 3.02. The molecule has 0 saturated carbocycles. The lowest BCUT2D eigenvalue weighted by atomic mass is 10.0. The highest BCUT2D eigenvalue weighted by Gasteiger charge is 2.18. The van der Waals surface area contributed by atoms with Crippen molar-refractivity contribution < 1.29 is 13.5 Å². The Kier molecular flexibility index (Phi) is 4.14. The van der Waals surface area contributed by atoms with Gasteiger partial charge in [-0.3, -0.25) is 0 Å². The minimum absolute atomic E-state index is 0.0883. The molecule has 0 radical (unpaired) electrons. The maximum Gasteiger partial charge on any atom is 0.160 e. The molecule has 1 unspecified atom stereocenters. The zero-order valence-electron chi connectivity index (χ0n) is 10.5. The molecule has 1 aromatic rings. The van der Waals surface area contributed by atoms with Crippen LogP contribution in [-0.4, -0.2) is 32.3 Å². The highest BCUT2D eigenvalue weighted by molar-refractivity contribution is 5.55. The summed E-state index contributed by atoms with van der Waals surface area (Å²) in [5, 5.41) is 0. The Balaban J connectivity index is 2.32. The maximum atomic E-state index is 13.4. The van der Waals surface area contributed by atoms with E-state index in [1.54, 1.807) is 0 Å². The molecule has 1 fully saturated rings. The van der Waals surface area contributed by atoms with E-state index in [2.05, 4.69) is 0 Å². The van der Waals surface area contributed by atoms with Crippen molar-refractivity contribution in [3.8, 4) is 0 Å². The summed E-state index contributed by atoms with van der Waals surface area (Å²) >= 11 is 0. The van der Waals surface area contributed by atoms with Crippen molar-refractivity contribution in [1.29, 1.82) is 0 Å². The number of morpholine rings is 1. The molecule has 1 aliphatic rings. The summed E-state index contributed by atoms with van der Waals surface area (Å²) in [6, 6.07) is 2.43. The van der Waals surface area contributed by atoms with E-state index in [0.717, 1.165) is 11.3 Å². The lowest BCUT2D eigenvalue weighted by Gasteiger charge is -2.31. The third-order valence-electron chi connectivity index (χ3n) is 3.02. The second-order valence-corrected chi connectivity index (χ2v) is 4.68. The molecular weight excluding hydrogens is 238 g/mol. The van der Waals surface area contributed by atoms with E-state index < -0.39 is 11.6 Å². The second-order valence-electron chi connectivity index (χ2n) is 4.68. The Labute approximate surface area is 106 Å². The number of hydrogen-bond donors (Lipinski definition) is 1. The molecule has 0 aliphatic carbocycles. The van der Waals surface area contributed by atoms with Crippen LogP contribution in [0.2, 0.25) is 0 Å². The highest BCUT2D eigenvalue weighted by atomic mass is 19.2. The molecule has 0 aromatic heterocycles. The van der Waals surface area contributed by atoms with Crippen LogP contribution < -0.4 is 10.6 Å². The molecule has 0 amide bonds. The topological polar surface area (TPSA) is 38.5 Å². The molecule has 1 heterocycles. The quantitative estimate of drug-likeness (QED) is 0.894. The van der Waals surface area contributed by atoms with E-state index in [0.29, 0.717) is 32.7 Å². The summed E-state index contributed by atoms with van der Waals surface area (Å²) in [5.41, 5.74) is 7.24. The van der Waals surface area contributed by atoms with E-state index in [4.69, 9.17) is 10.5 Å². The van der Waals surface area contributed by atoms with Gasteiger partial charge in [0.25, 0.3) is 0 Å². The van der Waals surface area contributed by atoms with E-state index in [1.807, 2.05) is 11.8 Å². The lowest BCUT2D eigenvalue weighted by Crippen LogP contribution is -2.37. The summed E-state index contributed by atoms with van der Waals surface area (Å²) in [6.07, 6.45) is 0.532. The summed E-state index contributed by atoms with van der Waals surface area (Å²) in [5.74, 6) is -1.63. The standard InChI is InChI=1S/C13H18F2N2O/c1-9(16)6-10-7-11(14)12(15)8-13(10)17-2-4-18-5-3-17/h7-9H,2-6,16H2,1H3. The van der Waals surface area contributed by atoms with Crippen LogP contribution in [0.1, 0.15) is 12.5 Å². The first-order chi connectivity index (χ1) is 8.58. The van der Waals surface area contributed by atoms with Gasteiger partial charge in [0.2, 0.25) is 0 Å². The van der Waals surface area contributed by atoms with E-state index >= 15 is 0 Å². The van der Waals surface area contributed by atoms with Gasteiger partial charge in [0.1, 0.15) is 0 Å². The monoisotopic (exact) mass is 256 g/mol. The SMILES string of the molecule is CC(N)Cc1cc(F)c(F)cc1N1CCOCC1. The van der Waals surface area contributed by atoms with Crippen molar-refractivity contribution in [2.45, 2.75) is 19.4 Å². The average molecular weight is 256 g/mol. The Bertz CT molecular complexity index is 418.